The Kier molecular flexibility index (Phi) is 6.98. The molecule has 0 aliphatic carbocycles. The quantitative estimate of drug-likeness (QED) is 0.736. The Morgan fingerprint density at radius 2 is 1.72 bits per heavy atom. The number of hydrogen-bond donors (Lipinski definition) is 1. The van der Waals surface area contributed by atoms with Crippen LogP contribution >= 0.6 is 11.6 Å². The molecule has 2 aromatic rings. The van der Waals surface area contributed by atoms with Crippen LogP contribution in [0.5, 0.6) is 17.2 Å². The van der Waals surface area contributed by atoms with E-state index in [1.54, 1.807) is 33.5 Å². The van der Waals surface area contributed by atoms with E-state index >= 15 is 0 Å². The first kappa shape index (κ1) is 21.0. The number of rotatable bonds is 7. The summed E-state index contributed by atoms with van der Waals surface area (Å²) in [6.07, 6.45) is 4.86. The van der Waals surface area contributed by atoms with Crippen LogP contribution in [-0.4, -0.2) is 50.3 Å². The van der Waals surface area contributed by atoms with Gasteiger partial charge >= 0.3 is 0 Å². The van der Waals surface area contributed by atoms with Gasteiger partial charge in [0.1, 0.15) is 5.75 Å². The predicted octanol–water partition coefficient (Wildman–Crippen LogP) is 3.08. The number of amides is 1. The minimum atomic E-state index is -0.382. The first-order chi connectivity index (χ1) is 14.1. The highest BCUT2D eigenvalue weighted by atomic mass is 35.5. The number of halogens is 1. The van der Waals surface area contributed by atoms with Crippen LogP contribution in [0.25, 0.3) is 0 Å². The normalized spacial score (nSPS) is 13.7. The number of carbonyl (C=O) groups is 1. The molecule has 0 saturated carbocycles. The molecule has 8 nitrogen and oxygen atoms in total. The summed E-state index contributed by atoms with van der Waals surface area (Å²) in [7, 11) is 4.66. The van der Waals surface area contributed by atoms with Gasteiger partial charge in [-0.05, 0) is 25.3 Å². The van der Waals surface area contributed by atoms with Crippen molar-refractivity contribution in [3.05, 3.63) is 34.6 Å². The first-order valence-corrected chi connectivity index (χ1v) is 9.79. The summed E-state index contributed by atoms with van der Waals surface area (Å²) < 4.78 is 16.0. The lowest BCUT2D eigenvalue weighted by Gasteiger charge is -2.26. The van der Waals surface area contributed by atoms with Crippen LogP contribution in [0, 0.1) is 0 Å². The van der Waals surface area contributed by atoms with Gasteiger partial charge < -0.3 is 24.4 Å². The number of nitrogens with zero attached hydrogens (tertiary/aromatic N) is 3. The SMILES string of the molecule is COc1cc(OC)c(OC)cc1CNC(=O)c1nc(N2CCCCC2)ncc1Cl. The van der Waals surface area contributed by atoms with Gasteiger partial charge in [-0.2, -0.15) is 0 Å². The number of hydrogen-bond acceptors (Lipinski definition) is 7. The van der Waals surface area contributed by atoms with Crippen LogP contribution in [0.2, 0.25) is 5.02 Å². The van der Waals surface area contributed by atoms with E-state index in [4.69, 9.17) is 25.8 Å². The van der Waals surface area contributed by atoms with Crippen molar-refractivity contribution in [2.45, 2.75) is 25.8 Å². The highest BCUT2D eigenvalue weighted by Gasteiger charge is 2.20. The van der Waals surface area contributed by atoms with Gasteiger partial charge in [0, 0.05) is 31.3 Å². The molecule has 9 heteroatoms. The minimum absolute atomic E-state index is 0.154. The van der Waals surface area contributed by atoms with Gasteiger partial charge in [-0.3, -0.25) is 4.79 Å². The molecule has 1 aromatic carbocycles. The molecule has 0 spiro atoms. The Labute approximate surface area is 175 Å². The summed E-state index contributed by atoms with van der Waals surface area (Å²) in [5, 5.41) is 3.05. The van der Waals surface area contributed by atoms with Gasteiger partial charge in [0.25, 0.3) is 5.91 Å². The number of anilines is 1. The van der Waals surface area contributed by atoms with Gasteiger partial charge in [0.05, 0.1) is 32.5 Å². The average Bonchev–Trinajstić information content (AvgIpc) is 2.77. The third-order valence-corrected chi connectivity index (χ3v) is 5.09. The molecule has 156 valence electrons. The second kappa shape index (κ2) is 9.65. The molecule has 2 heterocycles. The summed E-state index contributed by atoms with van der Waals surface area (Å²) in [5.41, 5.74) is 0.890. The minimum Gasteiger partial charge on any atom is -0.496 e. The molecule has 1 aliphatic heterocycles. The molecular weight excluding hydrogens is 396 g/mol. The highest BCUT2D eigenvalue weighted by molar-refractivity contribution is 6.33. The number of nitrogens with one attached hydrogen (secondary N) is 1. The maximum Gasteiger partial charge on any atom is 0.271 e. The van der Waals surface area contributed by atoms with Crippen LogP contribution in [0.1, 0.15) is 35.3 Å². The fourth-order valence-corrected chi connectivity index (χ4v) is 3.43. The van der Waals surface area contributed by atoms with E-state index in [1.807, 2.05) is 0 Å². The first-order valence-electron chi connectivity index (χ1n) is 9.42. The van der Waals surface area contributed by atoms with E-state index in [9.17, 15) is 4.79 Å². The zero-order valence-electron chi connectivity index (χ0n) is 16.8. The Bertz CT molecular complexity index is 872. The smallest absolute Gasteiger partial charge is 0.271 e. The lowest BCUT2D eigenvalue weighted by Crippen LogP contribution is -2.32. The lowest BCUT2D eigenvalue weighted by molar-refractivity contribution is 0.0945. The summed E-state index contributed by atoms with van der Waals surface area (Å²) in [6, 6.07) is 3.48. The van der Waals surface area contributed by atoms with Gasteiger partial charge in [-0.1, -0.05) is 11.6 Å². The van der Waals surface area contributed by atoms with Crippen molar-refractivity contribution in [3.8, 4) is 17.2 Å². The summed E-state index contributed by atoms with van der Waals surface area (Å²) in [6.45, 7) is 1.97. The van der Waals surface area contributed by atoms with Crippen molar-refractivity contribution in [2.75, 3.05) is 39.3 Å². The Balaban J connectivity index is 1.77. The van der Waals surface area contributed by atoms with Crippen LogP contribution in [0.4, 0.5) is 5.95 Å². The average molecular weight is 421 g/mol. The molecule has 1 saturated heterocycles. The Hall–Kier alpha value is -2.74. The molecule has 1 amide bonds. The number of aromatic nitrogens is 2. The van der Waals surface area contributed by atoms with Gasteiger partial charge in [-0.15, -0.1) is 0 Å². The van der Waals surface area contributed by atoms with E-state index in [0.717, 1.165) is 31.5 Å². The van der Waals surface area contributed by atoms with Crippen molar-refractivity contribution in [1.82, 2.24) is 15.3 Å². The fourth-order valence-electron chi connectivity index (χ4n) is 3.25. The van der Waals surface area contributed by atoms with Crippen LogP contribution < -0.4 is 24.4 Å². The maximum atomic E-state index is 12.7. The summed E-state index contributed by atoms with van der Waals surface area (Å²) >= 11 is 6.19. The van der Waals surface area contributed by atoms with Crippen molar-refractivity contribution >= 4 is 23.5 Å². The van der Waals surface area contributed by atoms with Crippen molar-refractivity contribution in [2.24, 2.45) is 0 Å². The topological polar surface area (TPSA) is 85.8 Å². The third-order valence-electron chi connectivity index (χ3n) is 4.81. The number of piperidine rings is 1. The Morgan fingerprint density at radius 3 is 2.38 bits per heavy atom. The van der Waals surface area contributed by atoms with E-state index in [0.29, 0.717) is 23.2 Å². The molecule has 1 N–H and O–H groups in total. The molecule has 1 fully saturated rings. The summed E-state index contributed by atoms with van der Waals surface area (Å²) in [4.78, 5) is 23.5. The van der Waals surface area contributed by atoms with Crippen LogP contribution in [0.15, 0.2) is 18.3 Å². The second-order valence-electron chi connectivity index (χ2n) is 6.62. The third kappa shape index (κ3) is 4.82. The van der Waals surface area contributed by atoms with Crippen molar-refractivity contribution in [1.29, 1.82) is 0 Å². The van der Waals surface area contributed by atoms with Crippen molar-refractivity contribution < 1.29 is 19.0 Å². The van der Waals surface area contributed by atoms with E-state index in [2.05, 4.69) is 20.2 Å². The molecule has 0 radical (unpaired) electrons. The molecule has 3 rings (SSSR count). The molecular formula is C20H25ClN4O4. The molecule has 0 unspecified atom stereocenters. The fraction of sp³-hybridized carbons (Fsp3) is 0.450. The highest BCUT2D eigenvalue weighted by Crippen LogP contribution is 2.34. The molecule has 0 bridgehead atoms. The predicted molar refractivity (Wildman–Crippen MR) is 110 cm³/mol. The van der Waals surface area contributed by atoms with E-state index < -0.39 is 0 Å². The van der Waals surface area contributed by atoms with E-state index in [-0.39, 0.29) is 23.2 Å². The summed E-state index contributed by atoms with van der Waals surface area (Å²) in [5.74, 6) is 1.82. The largest absolute Gasteiger partial charge is 0.496 e. The number of ether oxygens (including phenoxy) is 3. The standard InChI is InChI=1S/C20H25ClN4O4/c1-27-15-10-17(29-3)16(28-2)9-13(15)11-22-19(26)18-14(21)12-23-20(24-18)25-7-5-4-6-8-25/h9-10,12H,4-8,11H2,1-3H3,(H,22,26). The van der Waals surface area contributed by atoms with Crippen LogP contribution in [-0.2, 0) is 6.54 Å². The molecule has 1 aromatic heterocycles. The van der Waals surface area contributed by atoms with Crippen LogP contribution in [0.3, 0.4) is 0 Å². The van der Waals surface area contributed by atoms with Gasteiger partial charge in [0.2, 0.25) is 5.95 Å². The van der Waals surface area contributed by atoms with E-state index in [1.165, 1.54) is 12.6 Å². The lowest BCUT2D eigenvalue weighted by atomic mass is 10.1. The zero-order chi connectivity index (χ0) is 20.8. The van der Waals surface area contributed by atoms with Gasteiger partial charge in [0.15, 0.2) is 17.2 Å². The van der Waals surface area contributed by atoms with Gasteiger partial charge in [-0.25, -0.2) is 9.97 Å². The maximum absolute atomic E-state index is 12.7. The number of benzene rings is 1. The number of carbonyl (C=O) groups excluding carboxylic acids is 1. The Morgan fingerprint density at radius 1 is 1.07 bits per heavy atom. The van der Waals surface area contributed by atoms with Crippen molar-refractivity contribution in [3.63, 3.8) is 0 Å². The molecule has 1 aliphatic rings. The number of methoxy groups -OCH3 is 3. The molecule has 0 atom stereocenters. The molecule has 29 heavy (non-hydrogen) atoms. The zero-order valence-corrected chi connectivity index (χ0v) is 17.6. The second-order valence-corrected chi connectivity index (χ2v) is 7.02. The monoisotopic (exact) mass is 420 g/mol.